The third-order valence-corrected chi connectivity index (χ3v) is 7.50. The summed E-state index contributed by atoms with van der Waals surface area (Å²) in [5.41, 5.74) is 9.12. The zero-order valence-corrected chi connectivity index (χ0v) is 38.0. The fraction of sp³-hybridized carbons (Fsp3) is 0.577. The molecule has 0 fully saturated rings. The molecule has 52 heavy (non-hydrogen) atoms. The molecule has 0 bridgehead atoms. The minimum absolute atomic E-state index is 0. The molecule has 302 valence electrons. The number of terminal acetylenes is 1. The lowest BCUT2D eigenvalue weighted by Gasteiger charge is -2.05. The maximum Gasteiger partial charge on any atom is 0.0271 e. The summed E-state index contributed by atoms with van der Waals surface area (Å²) >= 11 is 0. The quantitative estimate of drug-likeness (QED) is 0.161. The van der Waals surface area contributed by atoms with Crippen LogP contribution in [0.3, 0.4) is 0 Å². The predicted molar refractivity (Wildman–Crippen MR) is 250 cm³/mol. The van der Waals surface area contributed by atoms with Crippen LogP contribution in [0, 0.1) is 58.8 Å². The van der Waals surface area contributed by atoms with E-state index in [4.69, 9.17) is 6.42 Å². The van der Waals surface area contributed by atoms with Crippen molar-refractivity contribution in [2.45, 2.75) is 190 Å². The minimum Gasteiger partial charge on any atom is -0.115 e. The lowest BCUT2D eigenvalue weighted by Crippen LogP contribution is -1.91. The van der Waals surface area contributed by atoms with Crippen LogP contribution in [0.2, 0.25) is 0 Å². The Balaban J connectivity index is -0.0000000925. The highest BCUT2D eigenvalue weighted by molar-refractivity contribution is 5.38. The first-order valence-corrected chi connectivity index (χ1v) is 20.6. The monoisotopic (exact) mass is 719 g/mol. The lowest BCUT2D eigenvalue weighted by atomic mass is 10.0. The Labute approximate surface area is 331 Å². The van der Waals surface area contributed by atoms with Gasteiger partial charge in [-0.25, -0.2) is 0 Å². The summed E-state index contributed by atoms with van der Waals surface area (Å²) in [6, 6.07) is 23.0. The van der Waals surface area contributed by atoms with Gasteiger partial charge >= 0.3 is 0 Å². The van der Waals surface area contributed by atoms with Crippen molar-refractivity contribution in [3.8, 4) is 12.3 Å². The minimum atomic E-state index is 0. The van der Waals surface area contributed by atoms with E-state index >= 15 is 0 Å². The molecule has 0 heterocycles. The van der Waals surface area contributed by atoms with Gasteiger partial charge in [0.2, 0.25) is 0 Å². The van der Waals surface area contributed by atoms with E-state index < -0.39 is 0 Å². The number of aryl methyl sites for hydroxylation is 6. The predicted octanol–water partition coefficient (Wildman–Crippen LogP) is 18.1. The molecular formula is C52H94. The summed E-state index contributed by atoms with van der Waals surface area (Å²) in [6.45, 7) is 43.6. The second-order valence-electron chi connectivity index (χ2n) is 12.3. The molecular weight excluding hydrogens is 625 g/mol. The smallest absolute Gasteiger partial charge is 0.0271 e. The first kappa shape index (κ1) is 64.0. The third kappa shape index (κ3) is 47.0. The molecule has 0 saturated carbocycles. The van der Waals surface area contributed by atoms with Crippen molar-refractivity contribution in [3.63, 3.8) is 0 Å². The third-order valence-electron chi connectivity index (χ3n) is 7.50. The van der Waals surface area contributed by atoms with E-state index in [0.29, 0.717) is 0 Å². The van der Waals surface area contributed by atoms with Gasteiger partial charge in [-0.15, -0.1) is 13.0 Å². The van der Waals surface area contributed by atoms with Gasteiger partial charge < -0.3 is 0 Å². The largest absolute Gasteiger partial charge is 0.115 e. The van der Waals surface area contributed by atoms with Crippen molar-refractivity contribution in [1.82, 2.24) is 0 Å². The van der Waals surface area contributed by atoms with Crippen molar-refractivity contribution in [2.75, 3.05) is 0 Å². The van der Waals surface area contributed by atoms with Crippen molar-refractivity contribution >= 4 is 0 Å². The summed E-state index contributed by atoms with van der Waals surface area (Å²) < 4.78 is 0. The number of hydrogen-bond acceptors (Lipinski definition) is 0. The van der Waals surface area contributed by atoms with Crippen LogP contribution in [-0.2, 0) is 6.42 Å². The summed E-state index contributed by atoms with van der Waals surface area (Å²) in [5.74, 6) is 4.49. The molecule has 0 aliphatic carbocycles. The van der Waals surface area contributed by atoms with Gasteiger partial charge in [0, 0.05) is 5.56 Å². The molecule has 0 radical (unpaired) electrons. The molecule has 0 amide bonds. The molecule has 0 heteroatoms. The number of rotatable bonds is 8. The molecule has 0 aliphatic rings. The van der Waals surface area contributed by atoms with Gasteiger partial charge in [0.1, 0.15) is 0 Å². The topological polar surface area (TPSA) is 0 Å². The molecule has 3 rings (SSSR count). The molecule has 0 aromatic heterocycles. The van der Waals surface area contributed by atoms with Crippen molar-refractivity contribution in [3.05, 3.63) is 118 Å². The van der Waals surface area contributed by atoms with E-state index in [9.17, 15) is 0 Å². The molecule has 0 unspecified atom stereocenters. The van der Waals surface area contributed by atoms with Crippen molar-refractivity contribution in [1.29, 1.82) is 0 Å². The summed E-state index contributed by atoms with van der Waals surface area (Å²) in [6.07, 6.45) is 17.6. The average molecular weight is 719 g/mol. The van der Waals surface area contributed by atoms with Crippen LogP contribution in [0.5, 0.6) is 0 Å². The van der Waals surface area contributed by atoms with Gasteiger partial charge in [0.15, 0.2) is 0 Å². The average Bonchev–Trinajstić information content (AvgIpc) is 3.15. The fourth-order valence-corrected chi connectivity index (χ4v) is 4.13. The number of hydrogen-bond donors (Lipinski definition) is 0. The van der Waals surface area contributed by atoms with E-state index in [1.54, 1.807) is 6.08 Å². The van der Waals surface area contributed by atoms with E-state index in [1.165, 1.54) is 84.7 Å². The highest BCUT2D eigenvalue weighted by Crippen LogP contribution is 2.12. The first-order valence-electron chi connectivity index (χ1n) is 20.6. The van der Waals surface area contributed by atoms with Gasteiger partial charge in [0.05, 0.1) is 0 Å². The van der Waals surface area contributed by atoms with Crippen LogP contribution >= 0.6 is 0 Å². The van der Waals surface area contributed by atoms with E-state index in [-0.39, 0.29) is 7.43 Å². The van der Waals surface area contributed by atoms with E-state index in [0.717, 1.165) is 17.4 Å². The molecule has 0 atom stereocenters. The number of benzene rings is 3. The molecule has 3 aromatic carbocycles. The van der Waals surface area contributed by atoms with Crippen LogP contribution in [-0.4, -0.2) is 0 Å². The van der Waals surface area contributed by atoms with Crippen molar-refractivity contribution < 1.29 is 0 Å². The normalized spacial score (nSPS) is 8.38. The molecule has 0 saturated heterocycles. The first-order chi connectivity index (χ1) is 24.4. The standard InChI is InChI=1S/C11H16.C9H8.C8H10.C8H18.C6H14.C3H6.3C2H6.CH4/c1-4-5-11-8-9(2)6-7-10(11)3;1-3-9-7-5-4-6-8(9)2;1-7-3-5-8(2)6-4-7;1-4-6-8(3)7-5-2;1-4-6(3)5-2;1-3-2;3*1-2;/h6-8H,4-5H2,1-3H3;1,4-7H,2H3;3-6H,1-2H3;8H,4-7H2,1-3H3;6H,4-5H2,1-3H3;3H,1H2,2H3;3*1-2H3;1H4. The molecule has 0 spiro atoms. The zero-order chi connectivity index (χ0) is 41.0. The Morgan fingerprint density at radius 3 is 1.27 bits per heavy atom. The summed E-state index contributed by atoms with van der Waals surface area (Å²) in [7, 11) is 0. The van der Waals surface area contributed by atoms with Crippen LogP contribution in [0.4, 0.5) is 0 Å². The Morgan fingerprint density at radius 2 is 0.981 bits per heavy atom. The summed E-state index contributed by atoms with van der Waals surface area (Å²) in [5, 5.41) is 0. The lowest BCUT2D eigenvalue weighted by molar-refractivity contribution is 0.480. The highest BCUT2D eigenvalue weighted by atomic mass is 14.0. The Hall–Kier alpha value is -3.04. The molecule has 0 nitrogen and oxygen atoms in total. The maximum absolute atomic E-state index is 5.20. The Morgan fingerprint density at radius 1 is 0.596 bits per heavy atom. The van der Waals surface area contributed by atoms with Crippen LogP contribution in [0.25, 0.3) is 0 Å². The maximum atomic E-state index is 5.20. The van der Waals surface area contributed by atoms with Crippen LogP contribution < -0.4 is 0 Å². The zero-order valence-electron chi connectivity index (χ0n) is 38.0. The van der Waals surface area contributed by atoms with Gasteiger partial charge in [0.25, 0.3) is 0 Å². The highest BCUT2D eigenvalue weighted by Gasteiger charge is 1.96. The Kier molecular flexibility index (Phi) is 64.4. The fourth-order valence-electron chi connectivity index (χ4n) is 4.13. The molecule has 0 aliphatic heterocycles. The van der Waals surface area contributed by atoms with Gasteiger partial charge in [-0.1, -0.05) is 232 Å². The second-order valence-corrected chi connectivity index (χ2v) is 12.3. The Bertz CT molecular complexity index is 1080. The van der Waals surface area contributed by atoms with E-state index in [2.05, 4.69) is 131 Å². The van der Waals surface area contributed by atoms with Gasteiger partial charge in [-0.2, -0.15) is 0 Å². The second kappa shape index (κ2) is 52.3. The van der Waals surface area contributed by atoms with Gasteiger partial charge in [-0.05, 0) is 82.6 Å². The van der Waals surface area contributed by atoms with Gasteiger partial charge in [-0.3, -0.25) is 0 Å². The van der Waals surface area contributed by atoms with Crippen LogP contribution in [0.1, 0.15) is 188 Å². The van der Waals surface area contributed by atoms with E-state index in [1.807, 2.05) is 79.7 Å². The number of allylic oxidation sites excluding steroid dienone is 1. The van der Waals surface area contributed by atoms with Crippen molar-refractivity contribution in [2.24, 2.45) is 11.8 Å². The summed E-state index contributed by atoms with van der Waals surface area (Å²) in [4.78, 5) is 0. The van der Waals surface area contributed by atoms with Crippen LogP contribution in [0.15, 0.2) is 79.4 Å². The molecule has 3 aromatic rings. The molecule has 0 N–H and O–H groups in total. The SMILES string of the molecule is C.C#Cc1ccccc1C.C=CC.CC.CC.CC.CCC(C)CC.CCCC(C)CCC.CCCc1cc(C)ccc1C.Cc1ccc(C)cc1.